The van der Waals surface area contributed by atoms with Gasteiger partial charge in [0.25, 0.3) is 0 Å². The molecule has 1 fully saturated rings. The molecule has 5 heteroatoms. The van der Waals surface area contributed by atoms with E-state index in [-0.39, 0.29) is 18.1 Å². The topological polar surface area (TPSA) is 73.6 Å². The van der Waals surface area contributed by atoms with E-state index in [1.807, 2.05) is 31.2 Å². The molecular weight excluding hydrogens is 268 g/mol. The molecule has 0 aliphatic carbocycles. The van der Waals surface area contributed by atoms with E-state index >= 15 is 0 Å². The van der Waals surface area contributed by atoms with Crippen LogP contribution < -0.4 is 11.1 Å². The summed E-state index contributed by atoms with van der Waals surface area (Å²) in [4.78, 5) is 12.0. The Morgan fingerprint density at radius 1 is 1.33 bits per heavy atom. The average Bonchev–Trinajstić information content (AvgIpc) is 3.00. The molecule has 2 rings (SSSR count). The first-order valence-electron chi connectivity index (χ1n) is 7.51. The molecular formula is C16H24N2O3. The first kappa shape index (κ1) is 15.9. The molecule has 0 radical (unpaired) electrons. The summed E-state index contributed by atoms with van der Waals surface area (Å²) in [5, 5.41) is 2.91. The summed E-state index contributed by atoms with van der Waals surface area (Å²) in [7, 11) is 0. The van der Waals surface area contributed by atoms with Crippen LogP contribution in [0, 0.1) is 0 Å². The van der Waals surface area contributed by atoms with Crippen molar-refractivity contribution in [2.24, 2.45) is 5.73 Å². The van der Waals surface area contributed by atoms with Crippen LogP contribution in [0.4, 0.5) is 0 Å². The lowest BCUT2D eigenvalue weighted by Crippen LogP contribution is -2.35. The van der Waals surface area contributed by atoms with Crippen molar-refractivity contribution in [3.05, 3.63) is 35.4 Å². The Morgan fingerprint density at radius 3 is 2.67 bits per heavy atom. The van der Waals surface area contributed by atoms with Crippen LogP contribution in [0.2, 0.25) is 0 Å². The van der Waals surface area contributed by atoms with Gasteiger partial charge in [0.05, 0.1) is 12.7 Å². The largest absolute Gasteiger partial charge is 0.377 e. The van der Waals surface area contributed by atoms with Crippen LogP contribution >= 0.6 is 0 Å². The van der Waals surface area contributed by atoms with Crippen LogP contribution in [-0.2, 0) is 27.4 Å². The van der Waals surface area contributed by atoms with Gasteiger partial charge in [-0.1, -0.05) is 24.3 Å². The fraction of sp³-hybridized carbons (Fsp3) is 0.562. The second-order valence-corrected chi connectivity index (χ2v) is 5.23. The van der Waals surface area contributed by atoms with Crippen molar-refractivity contribution >= 4 is 5.91 Å². The predicted molar refractivity (Wildman–Crippen MR) is 80.6 cm³/mol. The lowest BCUT2D eigenvalue weighted by Gasteiger charge is -2.13. The Bertz CT molecular complexity index is 447. The van der Waals surface area contributed by atoms with Crippen molar-refractivity contribution in [1.29, 1.82) is 0 Å². The van der Waals surface area contributed by atoms with Crippen molar-refractivity contribution in [2.45, 2.75) is 45.1 Å². The van der Waals surface area contributed by atoms with Gasteiger partial charge in [0.2, 0.25) is 5.91 Å². The van der Waals surface area contributed by atoms with Crippen LogP contribution in [-0.4, -0.2) is 31.3 Å². The predicted octanol–water partition coefficient (Wildman–Crippen LogP) is 1.35. The minimum absolute atomic E-state index is 0.0265. The van der Waals surface area contributed by atoms with E-state index in [0.29, 0.717) is 26.3 Å². The first-order chi connectivity index (χ1) is 10.2. The molecule has 0 unspecified atom stereocenters. The van der Waals surface area contributed by atoms with Gasteiger partial charge in [-0.25, -0.2) is 0 Å². The van der Waals surface area contributed by atoms with Gasteiger partial charge in [0, 0.05) is 19.7 Å². The number of amides is 1. The quantitative estimate of drug-likeness (QED) is 0.795. The molecule has 1 aromatic carbocycles. The normalized spacial score (nSPS) is 21.4. The zero-order valence-corrected chi connectivity index (χ0v) is 12.5. The minimum Gasteiger partial charge on any atom is -0.377 e. The summed E-state index contributed by atoms with van der Waals surface area (Å²) >= 11 is 0. The molecule has 1 aliphatic heterocycles. The number of nitrogens with two attached hydrogens (primary N) is 1. The van der Waals surface area contributed by atoms with Gasteiger partial charge in [0.15, 0.2) is 0 Å². The van der Waals surface area contributed by atoms with Gasteiger partial charge < -0.3 is 20.5 Å². The van der Waals surface area contributed by atoms with E-state index in [1.165, 1.54) is 0 Å². The summed E-state index contributed by atoms with van der Waals surface area (Å²) in [5.41, 5.74) is 7.75. The SMILES string of the molecule is CCOCc1ccc(CNC(=O)[C@@H]2CC[C@H](CN)O2)cc1. The molecule has 1 aromatic rings. The molecule has 1 saturated heterocycles. The third kappa shape index (κ3) is 4.81. The lowest BCUT2D eigenvalue weighted by molar-refractivity contribution is -0.132. The van der Waals surface area contributed by atoms with Gasteiger partial charge in [-0.05, 0) is 30.9 Å². The molecule has 0 spiro atoms. The highest BCUT2D eigenvalue weighted by atomic mass is 16.5. The van der Waals surface area contributed by atoms with Gasteiger partial charge in [0.1, 0.15) is 6.10 Å². The average molecular weight is 292 g/mol. The Balaban J connectivity index is 1.76. The van der Waals surface area contributed by atoms with E-state index < -0.39 is 0 Å². The fourth-order valence-corrected chi connectivity index (χ4v) is 2.35. The number of hydrogen-bond donors (Lipinski definition) is 2. The first-order valence-corrected chi connectivity index (χ1v) is 7.51. The van der Waals surface area contributed by atoms with Crippen molar-refractivity contribution < 1.29 is 14.3 Å². The Labute approximate surface area is 125 Å². The number of ether oxygens (including phenoxy) is 2. The van der Waals surface area contributed by atoms with Crippen LogP contribution in [0.15, 0.2) is 24.3 Å². The van der Waals surface area contributed by atoms with Crippen molar-refractivity contribution in [3.8, 4) is 0 Å². The Hall–Kier alpha value is -1.43. The van der Waals surface area contributed by atoms with Crippen LogP contribution in [0.5, 0.6) is 0 Å². The third-order valence-electron chi connectivity index (χ3n) is 3.63. The summed E-state index contributed by atoms with van der Waals surface area (Å²) in [6.07, 6.45) is 1.29. The molecule has 1 aliphatic rings. The maximum atomic E-state index is 12.0. The zero-order chi connectivity index (χ0) is 15.1. The maximum absolute atomic E-state index is 12.0. The van der Waals surface area contributed by atoms with E-state index in [2.05, 4.69) is 5.32 Å². The highest BCUT2D eigenvalue weighted by Gasteiger charge is 2.29. The molecule has 0 aromatic heterocycles. The van der Waals surface area contributed by atoms with Crippen LogP contribution in [0.25, 0.3) is 0 Å². The van der Waals surface area contributed by atoms with E-state index in [0.717, 1.165) is 24.0 Å². The molecule has 2 atom stereocenters. The molecule has 3 N–H and O–H groups in total. The highest BCUT2D eigenvalue weighted by molar-refractivity contribution is 5.81. The fourth-order valence-electron chi connectivity index (χ4n) is 2.35. The molecule has 21 heavy (non-hydrogen) atoms. The molecule has 1 heterocycles. The monoisotopic (exact) mass is 292 g/mol. The van der Waals surface area contributed by atoms with Gasteiger partial charge in [-0.15, -0.1) is 0 Å². The highest BCUT2D eigenvalue weighted by Crippen LogP contribution is 2.19. The summed E-state index contributed by atoms with van der Waals surface area (Å²) < 4.78 is 10.9. The molecule has 0 saturated carbocycles. The van der Waals surface area contributed by atoms with Crippen molar-refractivity contribution in [1.82, 2.24) is 5.32 Å². The third-order valence-corrected chi connectivity index (χ3v) is 3.63. The maximum Gasteiger partial charge on any atom is 0.249 e. The number of benzene rings is 1. The number of carbonyl (C=O) groups excluding carboxylic acids is 1. The summed E-state index contributed by atoms with van der Waals surface area (Å²) in [6, 6.07) is 8.06. The zero-order valence-electron chi connectivity index (χ0n) is 12.5. The van der Waals surface area contributed by atoms with Gasteiger partial charge in [-0.2, -0.15) is 0 Å². The van der Waals surface area contributed by atoms with Crippen LogP contribution in [0.3, 0.4) is 0 Å². The second kappa shape index (κ2) is 8.12. The summed E-state index contributed by atoms with van der Waals surface area (Å²) in [5.74, 6) is -0.0515. The number of carbonyl (C=O) groups is 1. The minimum atomic E-state index is -0.351. The van der Waals surface area contributed by atoms with Crippen LogP contribution in [0.1, 0.15) is 30.9 Å². The van der Waals surface area contributed by atoms with E-state index in [4.69, 9.17) is 15.2 Å². The van der Waals surface area contributed by atoms with Crippen molar-refractivity contribution in [2.75, 3.05) is 13.2 Å². The molecule has 1 amide bonds. The molecule has 116 valence electrons. The number of nitrogens with one attached hydrogen (secondary N) is 1. The second-order valence-electron chi connectivity index (χ2n) is 5.23. The molecule has 5 nitrogen and oxygen atoms in total. The lowest BCUT2D eigenvalue weighted by atomic mass is 10.1. The van der Waals surface area contributed by atoms with Gasteiger partial charge in [-0.3, -0.25) is 4.79 Å². The van der Waals surface area contributed by atoms with E-state index in [9.17, 15) is 4.79 Å². The smallest absolute Gasteiger partial charge is 0.249 e. The summed E-state index contributed by atoms with van der Waals surface area (Å²) in [6.45, 7) is 4.30. The standard InChI is InChI=1S/C16H24N2O3/c1-2-20-11-13-5-3-12(4-6-13)10-18-16(19)15-8-7-14(9-17)21-15/h3-6,14-15H,2,7-11,17H2,1H3,(H,18,19)/t14-,15+/m1/s1. The number of rotatable bonds is 7. The number of hydrogen-bond acceptors (Lipinski definition) is 4. The van der Waals surface area contributed by atoms with Crippen molar-refractivity contribution in [3.63, 3.8) is 0 Å². The Morgan fingerprint density at radius 2 is 2.05 bits per heavy atom. The van der Waals surface area contributed by atoms with Gasteiger partial charge >= 0.3 is 0 Å². The Kier molecular flexibility index (Phi) is 6.17. The van der Waals surface area contributed by atoms with E-state index in [1.54, 1.807) is 0 Å². The molecule has 0 bridgehead atoms.